The van der Waals surface area contributed by atoms with Gasteiger partial charge in [0.2, 0.25) is 0 Å². The van der Waals surface area contributed by atoms with Crippen molar-refractivity contribution in [1.82, 2.24) is 10.2 Å². The number of carbonyl (C=O) groups excluding carboxylic acids is 1. The van der Waals surface area contributed by atoms with Crippen molar-refractivity contribution in [2.45, 2.75) is 62.0 Å². The number of aliphatic hydroxyl groups is 1. The molecule has 4 atom stereocenters. The van der Waals surface area contributed by atoms with Gasteiger partial charge >= 0.3 is 0 Å². The summed E-state index contributed by atoms with van der Waals surface area (Å²) in [6.45, 7) is 4.37. The van der Waals surface area contributed by atoms with E-state index in [0.717, 1.165) is 50.8 Å². The molecule has 2 N–H and O–H groups in total. The summed E-state index contributed by atoms with van der Waals surface area (Å²) in [5, 5.41) is 17.3. The van der Waals surface area contributed by atoms with Crippen LogP contribution in [0.3, 0.4) is 0 Å². The van der Waals surface area contributed by atoms with E-state index in [9.17, 15) is 9.90 Å². The largest absolute Gasteiger partial charge is 0.375 e. The lowest BCUT2D eigenvalue weighted by Gasteiger charge is -2.38. The molecule has 3 fully saturated rings. The van der Waals surface area contributed by atoms with E-state index in [-0.39, 0.29) is 22.7 Å². The number of halogens is 1. The van der Waals surface area contributed by atoms with Crippen LogP contribution in [-0.2, 0) is 10.4 Å². The van der Waals surface area contributed by atoms with Crippen LogP contribution >= 0.6 is 27.7 Å². The molecule has 6 heteroatoms. The number of amides is 1. The van der Waals surface area contributed by atoms with E-state index in [1.807, 2.05) is 42.1 Å². The fraction of sp³-hybridized carbons (Fsp3) is 0.625. The van der Waals surface area contributed by atoms with Gasteiger partial charge in [0.15, 0.2) is 5.60 Å². The molecule has 2 saturated carbocycles. The SMILES string of the molecule is CC1(N2CC3C(C2)C3NC(=O)C(O)(c2ccccc2)C2CCCCC2)CC(Br)=CS1. The van der Waals surface area contributed by atoms with Crippen LogP contribution in [0, 0.1) is 17.8 Å². The Morgan fingerprint density at radius 3 is 2.47 bits per heavy atom. The summed E-state index contributed by atoms with van der Waals surface area (Å²) in [4.78, 5) is 16.2. The molecule has 5 rings (SSSR count). The van der Waals surface area contributed by atoms with E-state index in [0.29, 0.717) is 11.8 Å². The number of benzene rings is 1. The topological polar surface area (TPSA) is 52.6 Å². The van der Waals surface area contributed by atoms with Gasteiger partial charge in [0, 0.05) is 36.0 Å². The summed E-state index contributed by atoms with van der Waals surface area (Å²) in [7, 11) is 0. The molecule has 1 aromatic rings. The second kappa shape index (κ2) is 7.95. The maximum absolute atomic E-state index is 13.5. The van der Waals surface area contributed by atoms with E-state index in [2.05, 4.69) is 38.5 Å². The number of thioether (sulfide) groups is 1. The summed E-state index contributed by atoms with van der Waals surface area (Å²) < 4.78 is 1.28. The molecule has 4 nitrogen and oxygen atoms in total. The Hall–Kier alpha value is -0.820. The lowest BCUT2D eigenvalue weighted by Crippen LogP contribution is -2.52. The molecule has 4 unspecified atom stereocenters. The zero-order chi connectivity index (χ0) is 20.9. The van der Waals surface area contributed by atoms with Crippen molar-refractivity contribution >= 4 is 33.6 Å². The lowest BCUT2D eigenvalue weighted by molar-refractivity contribution is -0.149. The highest BCUT2D eigenvalue weighted by atomic mass is 79.9. The van der Waals surface area contributed by atoms with Crippen molar-refractivity contribution in [2.75, 3.05) is 13.1 Å². The predicted molar refractivity (Wildman–Crippen MR) is 125 cm³/mol. The number of rotatable bonds is 5. The van der Waals surface area contributed by atoms with Gasteiger partial charge in [-0.3, -0.25) is 9.69 Å². The molecule has 0 spiro atoms. The lowest BCUT2D eigenvalue weighted by atomic mass is 9.73. The number of nitrogens with one attached hydrogen (secondary N) is 1. The zero-order valence-electron chi connectivity index (χ0n) is 17.5. The standard InChI is InChI=1S/C24H31BrN2O2S/c1-23(12-18(25)15-30-23)27-13-19-20(14-27)21(19)26-22(28)24(29,16-8-4-2-5-9-16)17-10-6-3-7-11-17/h2,4-5,8-9,15,17,19-21,29H,3,6-7,10-14H2,1H3,(H,26,28). The van der Waals surface area contributed by atoms with Gasteiger partial charge in [-0.05, 0) is 42.6 Å². The highest BCUT2D eigenvalue weighted by Crippen LogP contribution is 2.53. The zero-order valence-corrected chi connectivity index (χ0v) is 19.9. The fourth-order valence-electron chi connectivity index (χ4n) is 5.93. The summed E-state index contributed by atoms with van der Waals surface area (Å²) >= 11 is 5.54. The number of hydrogen-bond donors (Lipinski definition) is 2. The number of carbonyl (C=O) groups is 1. The van der Waals surface area contributed by atoms with Gasteiger partial charge in [0.05, 0.1) is 4.87 Å². The molecular weight excluding hydrogens is 460 g/mol. The first-order valence-electron chi connectivity index (χ1n) is 11.3. The Bertz CT molecular complexity index is 831. The number of nitrogens with zero attached hydrogens (tertiary/aromatic N) is 1. The minimum Gasteiger partial charge on any atom is -0.375 e. The predicted octanol–water partition coefficient (Wildman–Crippen LogP) is 4.59. The monoisotopic (exact) mass is 490 g/mol. The van der Waals surface area contributed by atoms with Gasteiger partial charge in [0.1, 0.15) is 0 Å². The van der Waals surface area contributed by atoms with E-state index in [1.54, 1.807) is 0 Å². The van der Waals surface area contributed by atoms with Crippen LogP contribution in [0.25, 0.3) is 0 Å². The van der Waals surface area contributed by atoms with Gasteiger partial charge in [-0.25, -0.2) is 0 Å². The van der Waals surface area contributed by atoms with Crippen molar-refractivity contribution in [3.05, 3.63) is 45.8 Å². The molecular formula is C24H31BrN2O2S. The fourth-order valence-corrected chi connectivity index (χ4v) is 7.94. The van der Waals surface area contributed by atoms with Gasteiger partial charge in [-0.2, -0.15) is 0 Å². The van der Waals surface area contributed by atoms with Crippen LogP contribution < -0.4 is 5.32 Å². The van der Waals surface area contributed by atoms with Crippen molar-refractivity contribution in [2.24, 2.45) is 17.8 Å². The van der Waals surface area contributed by atoms with Gasteiger partial charge < -0.3 is 10.4 Å². The molecule has 0 aromatic heterocycles. The Labute approximate surface area is 192 Å². The Kier molecular flexibility index (Phi) is 5.58. The van der Waals surface area contributed by atoms with Crippen molar-refractivity contribution < 1.29 is 9.90 Å². The minimum atomic E-state index is -1.42. The number of piperidine rings is 1. The minimum absolute atomic E-state index is 0.000892. The van der Waals surface area contributed by atoms with Crippen LogP contribution in [0.4, 0.5) is 0 Å². The number of fused-ring (bicyclic) bond motifs is 1. The third kappa shape index (κ3) is 3.58. The summed E-state index contributed by atoms with van der Waals surface area (Å²) in [5.74, 6) is 0.840. The van der Waals surface area contributed by atoms with Gasteiger partial charge in [-0.15, -0.1) is 11.8 Å². The molecule has 0 bridgehead atoms. The third-order valence-electron chi connectivity index (χ3n) is 7.85. The molecule has 4 aliphatic rings. The molecule has 30 heavy (non-hydrogen) atoms. The van der Waals surface area contributed by atoms with Crippen LogP contribution in [0.5, 0.6) is 0 Å². The van der Waals surface area contributed by atoms with Crippen LogP contribution in [-0.4, -0.2) is 39.9 Å². The van der Waals surface area contributed by atoms with Gasteiger partial charge in [0.25, 0.3) is 5.91 Å². The van der Waals surface area contributed by atoms with E-state index >= 15 is 0 Å². The van der Waals surface area contributed by atoms with Crippen molar-refractivity contribution in [3.8, 4) is 0 Å². The molecule has 2 heterocycles. The Balaban J connectivity index is 1.27. The second-order valence-corrected chi connectivity index (χ2v) is 12.1. The number of likely N-dealkylation sites (tertiary alicyclic amines) is 1. The van der Waals surface area contributed by atoms with E-state index in [4.69, 9.17) is 0 Å². The van der Waals surface area contributed by atoms with Crippen molar-refractivity contribution in [3.63, 3.8) is 0 Å². The molecule has 2 aliphatic carbocycles. The highest BCUT2D eigenvalue weighted by Gasteiger charge is 2.60. The maximum Gasteiger partial charge on any atom is 0.257 e. The number of hydrogen-bond acceptors (Lipinski definition) is 4. The average Bonchev–Trinajstić information content (AvgIpc) is 3.09. The molecule has 0 radical (unpaired) electrons. The normalized spacial score (nSPS) is 36.1. The summed E-state index contributed by atoms with van der Waals surface area (Å²) in [6, 6.07) is 9.81. The first kappa shape index (κ1) is 21.0. The van der Waals surface area contributed by atoms with E-state index < -0.39 is 5.60 Å². The quantitative estimate of drug-likeness (QED) is 0.633. The average molecular weight is 491 g/mol. The van der Waals surface area contributed by atoms with Crippen LogP contribution in [0.2, 0.25) is 0 Å². The maximum atomic E-state index is 13.5. The summed E-state index contributed by atoms with van der Waals surface area (Å²) in [5.41, 5.74) is -0.673. The van der Waals surface area contributed by atoms with Crippen molar-refractivity contribution in [1.29, 1.82) is 0 Å². The highest BCUT2D eigenvalue weighted by molar-refractivity contribution is 9.11. The van der Waals surface area contributed by atoms with Crippen LogP contribution in [0.1, 0.15) is 51.0 Å². The molecule has 1 amide bonds. The third-order valence-corrected chi connectivity index (χ3v) is 9.98. The van der Waals surface area contributed by atoms with Crippen LogP contribution in [0.15, 0.2) is 40.2 Å². The van der Waals surface area contributed by atoms with E-state index in [1.165, 1.54) is 10.9 Å². The molecule has 162 valence electrons. The Morgan fingerprint density at radius 2 is 1.87 bits per heavy atom. The first-order chi connectivity index (χ1) is 14.4. The van der Waals surface area contributed by atoms with Gasteiger partial charge in [-0.1, -0.05) is 65.5 Å². The molecule has 1 saturated heterocycles. The molecule has 2 aliphatic heterocycles. The smallest absolute Gasteiger partial charge is 0.257 e. The molecule has 1 aromatic carbocycles. The Morgan fingerprint density at radius 1 is 1.20 bits per heavy atom. The summed E-state index contributed by atoms with van der Waals surface area (Å²) in [6.07, 6.45) is 6.27. The first-order valence-corrected chi connectivity index (χ1v) is 13.0. The second-order valence-electron chi connectivity index (χ2n) is 9.73.